The van der Waals surface area contributed by atoms with Crippen LogP contribution in [0.2, 0.25) is 0 Å². The molecule has 1 heterocycles. The average Bonchev–Trinajstić information content (AvgIpc) is 3.05. The predicted octanol–water partition coefficient (Wildman–Crippen LogP) is 6.22. The van der Waals surface area contributed by atoms with E-state index in [4.69, 9.17) is 9.72 Å². The van der Waals surface area contributed by atoms with Gasteiger partial charge in [-0.15, -0.1) is 0 Å². The Bertz CT molecular complexity index is 916. The van der Waals surface area contributed by atoms with Crippen LogP contribution in [0.5, 0.6) is 5.88 Å². The topological polar surface area (TPSA) is 47.0 Å². The van der Waals surface area contributed by atoms with E-state index in [9.17, 15) is 0 Å². The summed E-state index contributed by atoms with van der Waals surface area (Å²) in [5.74, 6) is 1.19. The zero-order chi connectivity index (χ0) is 19.4. The smallest absolute Gasteiger partial charge is 0.237 e. The lowest BCUT2D eigenvalue weighted by Gasteiger charge is -2.27. The van der Waals surface area contributed by atoms with Gasteiger partial charge in [0.2, 0.25) is 11.8 Å². The van der Waals surface area contributed by atoms with Crippen LogP contribution in [-0.4, -0.2) is 16.1 Å². The second kappa shape index (κ2) is 8.23. The summed E-state index contributed by atoms with van der Waals surface area (Å²) in [4.78, 5) is 10.5. The van der Waals surface area contributed by atoms with Gasteiger partial charge in [-0.2, -0.15) is 4.98 Å². The summed E-state index contributed by atoms with van der Waals surface area (Å²) in [5.41, 5.74) is 2.08. The monoisotopic (exact) mass is 391 g/mol. The van der Waals surface area contributed by atoms with Gasteiger partial charge in [0.15, 0.2) is 0 Å². The molecule has 0 spiro atoms. The number of anilines is 1. The number of nitrogens with one attached hydrogen (secondary N) is 1. The highest BCUT2D eigenvalue weighted by Gasteiger charge is 2.36. The number of hydrogen-bond donors (Lipinski definition) is 1. The highest BCUT2D eigenvalue weighted by molar-refractivity contribution is 8.00. The molecule has 1 aliphatic rings. The van der Waals surface area contributed by atoms with Crippen molar-refractivity contribution in [2.24, 2.45) is 5.41 Å². The fraction of sp³-hybridized carbons (Fsp3) is 0.304. The molecule has 0 radical (unpaired) electrons. The van der Waals surface area contributed by atoms with Crippen LogP contribution in [0, 0.1) is 5.41 Å². The second-order valence-electron chi connectivity index (χ2n) is 7.79. The molecule has 1 atom stereocenters. The molecule has 0 aliphatic heterocycles. The zero-order valence-electron chi connectivity index (χ0n) is 16.3. The van der Waals surface area contributed by atoms with Crippen LogP contribution in [-0.2, 0) is 0 Å². The lowest BCUT2D eigenvalue weighted by Crippen LogP contribution is -2.29. The standard InChI is InChI=1S/C23H25N3OS/c1-23(2)15-9-14-20(23)27-21-16-19(17-10-5-3-6-11-17)24-22(25-21)26-28-18-12-7-4-8-13-18/h3-8,10-13,16,20H,9,14-15H2,1-2H3,(H,24,25,26). The maximum atomic E-state index is 6.35. The quantitative estimate of drug-likeness (QED) is 0.505. The van der Waals surface area contributed by atoms with Gasteiger partial charge < -0.3 is 4.74 Å². The van der Waals surface area contributed by atoms with Crippen molar-refractivity contribution in [2.45, 2.75) is 44.1 Å². The van der Waals surface area contributed by atoms with Gasteiger partial charge in [-0.1, -0.05) is 62.4 Å². The Hall–Kier alpha value is -2.53. The van der Waals surface area contributed by atoms with Gasteiger partial charge in [-0.25, -0.2) is 4.98 Å². The van der Waals surface area contributed by atoms with E-state index in [0.29, 0.717) is 11.8 Å². The van der Waals surface area contributed by atoms with Gasteiger partial charge in [0.05, 0.1) is 5.69 Å². The summed E-state index contributed by atoms with van der Waals surface area (Å²) in [6.07, 6.45) is 3.63. The highest BCUT2D eigenvalue weighted by atomic mass is 32.2. The van der Waals surface area contributed by atoms with Crippen molar-refractivity contribution in [2.75, 3.05) is 4.72 Å². The maximum absolute atomic E-state index is 6.35. The minimum atomic E-state index is 0.171. The van der Waals surface area contributed by atoms with Crippen molar-refractivity contribution < 1.29 is 4.74 Å². The Morgan fingerprint density at radius 1 is 1.00 bits per heavy atom. The molecule has 1 saturated carbocycles. The van der Waals surface area contributed by atoms with Crippen LogP contribution in [0.15, 0.2) is 71.6 Å². The second-order valence-corrected chi connectivity index (χ2v) is 8.67. The first-order valence-corrected chi connectivity index (χ1v) is 10.5. The molecular formula is C23H25N3OS. The van der Waals surface area contributed by atoms with Crippen LogP contribution >= 0.6 is 11.9 Å². The van der Waals surface area contributed by atoms with Crippen LogP contribution < -0.4 is 9.46 Å². The Labute approximate surface area is 170 Å². The van der Waals surface area contributed by atoms with E-state index in [-0.39, 0.29) is 11.5 Å². The van der Waals surface area contributed by atoms with E-state index in [1.807, 2.05) is 42.5 Å². The van der Waals surface area contributed by atoms with E-state index in [1.54, 1.807) is 0 Å². The van der Waals surface area contributed by atoms with Crippen LogP contribution in [0.25, 0.3) is 11.3 Å². The molecule has 28 heavy (non-hydrogen) atoms. The van der Waals surface area contributed by atoms with E-state index in [0.717, 1.165) is 22.6 Å². The molecule has 1 aromatic heterocycles. The molecule has 1 unspecified atom stereocenters. The Morgan fingerprint density at radius 2 is 1.71 bits per heavy atom. The summed E-state index contributed by atoms with van der Waals surface area (Å²) < 4.78 is 9.62. The lowest BCUT2D eigenvalue weighted by atomic mass is 9.89. The summed E-state index contributed by atoms with van der Waals surface area (Å²) in [6, 6.07) is 22.2. The molecule has 4 nitrogen and oxygen atoms in total. The number of rotatable bonds is 6. The number of hydrogen-bond acceptors (Lipinski definition) is 5. The van der Waals surface area contributed by atoms with Gasteiger partial charge in [0.25, 0.3) is 0 Å². The SMILES string of the molecule is CC1(C)CCCC1Oc1cc(-c2ccccc2)nc(NSc2ccccc2)n1. The molecule has 2 aromatic carbocycles. The van der Waals surface area contributed by atoms with Crippen LogP contribution in [0.4, 0.5) is 5.95 Å². The van der Waals surface area contributed by atoms with E-state index in [1.165, 1.54) is 24.8 Å². The third kappa shape index (κ3) is 4.47. The molecule has 1 aliphatic carbocycles. The summed E-state index contributed by atoms with van der Waals surface area (Å²) in [6.45, 7) is 4.54. The number of nitrogens with zero attached hydrogens (tertiary/aromatic N) is 2. The first-order valence-electron chi connectivity index (χ1n) is 9.69. The molecule has 1 N–H and O–H groups in total. The summed E-state index contributed by atoms with van der Waals surface area (Å²) in [7, 11) is 0. The van der Waals surface area contributed by atoms with Gasteiger partial charge in [0, 0.05) is 21.9 Å². The van der Waals surface area contributed by atoms with Crippen molar-refractivity contribution >= 4 is 17.9 Å². The largest absolute Gasteiger partial charge is 0.474 e. The fourth-order valence-electron chi connectivity index (χ4n) is 3.54. The van der Waals surface area contributed by atoms with E-state index in [2.05, 4.69) is 47.8 Å². The highest BCUT2D eigenvalue weighted by Crippen LogP contribution is 2.40. The molecule has 5 heteroatoms. The third-order valence-corrected chi connectivity index (χ3v) is 5.99. The van der Waals surface area contributed by atoms with Gasteiger partial charge in [-0.3, -0.25) is 4.72 Å². The molecule has 1 fully saturated rings. The maximum Gasteiger partial charge on any atom is 0.237 e. The average molecular weight is 392 g/mol. The van der Waals surface area contributed by atoms with Crippen molar-refractivity contribution in [1.82, 2.24) is 9.97 Å². The predicted molar refractivity (Wildman–Crippen MR) is 115 cm³/mol. The molecule has 144 valence electrons. The molecule has 0 saturated heterocycles. The summed E-state index contributed by atoms with van der Waals surface area (Å²) >= 11 is 1.50. The van der Waals surface area contributed by atoms with Crippen molar-refractivity contribution in [1.29, 1.82) is 0 Å². The van der Waals surface area contributed by atoms with Gasteiger partial charge in [-0.05, 0) is 43.3 Å². The van der Waals surface area contributed by atoms with Crippen LogP contribution in [0.3, 0.4) is 0 Å². The number of aromatic nitrogens is 2. The Balaban J connectivity index is 1.61. The van der Waals surface area contributed by atoms with Gasteiger partial charge in [0.1, 0.15) is 6.10 Å². The van der Waals surface area contributed by atoms with E-state index < -0.39 is 0 Å². The third-order valence-electron chi connectivity index (χ3n) is 5.20. The first kappa shape index (κ1) is 18.8. The Morgan fingerprint density at radius 3 is 2.39 bits per heavy atom. The minimum absolute atomic E-state index is 0.171. The lowest BCUT2D eigenvalue weighted by molar-refractivity contribution is 0.0984. The molecular weight excluding hydrogens is 366 g/mol. The normalized spacial score (nSPS) is 18.0. The molecule has 0 bridgehead atoms. The van der Waals surface area contributed by atoms with E-state index >= 15 is 0 Å². The van der Waals surface area contributed by atoms with Crippen molar-refractivity contribution in [3.05, 3.63) is 66.7 Å². The van der Waals surface area contributed by atoms with Crippen molar-refractivity contribution in [3.8, 4) is 17.1 Å². The minimum Gasteiger partial charge on any atom is -0.474 e. The van der Waals surface area contributed by atoms with Crippen LogP contribution in [0.1, 0.15) is 33.1 Å². The zero-order valence-corrected chi connectivity index (χ0v) is 17.1. The number of benzene rings is 2. The van der Waals surface area contributed by atoms with Gasteiger partial charge >= 0.3 is 0 Å². The summed E-state index contributed by atoms with van der Waals surface area (Å²) in [5, 5.41) is 0. The first-order chi connectivity index (χ1) is 13.6. The molecule has 3 aromatic rings. The number of ether oxygens (including phenoxy) is 1. The molecule has 0 amide bonds. The van der Waals surface area contributed by atoms with Crippen molar-refractivity contribution in [3.63, 3.8) is 0 Å². The molecule has 4 rings (SSSR count). The Kier molecular flexibility index (Phi) is 5.53. The fourth-order valence-corrected chi connectivity index (χ4v) is 4.13.